The van der Waals surface area contributed by atoms with Crippen LogP contribution in [0.5, 0.6) is 11.5 Å². The van der Waals surface area contributed by atoms with Crippen LogP contribution in [-0.2, 0) is 4.79 Å². The van der Waals surface area contributed by atoms with Gasteiger partial charge in [0.15, 0.2) is 23.9 Å². The van der Waals surface area contributed by atoms with Crippen LogP contribution in [-0.4, -0.2) is 35.0 Å². The van der Waals surface area contributed by atoms with E-state index in [1.54, 1.807) is 30.3 Å². The lowest BCUT2D eigenvalue weighted by Crippen LogP contribution is -2.20. The number of aromatic nitrogens is 2. The molecule has 0 aliphatic carbocycles. The number of rotatable bonds is 9. The van der Waals surface area contributed by atoms with Crippen molar-refractivity contribution < 1.29 is 23.1 Å². The topological polar surface area (TPSA) is 108 Å². The summed E-state index contributed by atoms with van der Waals surface area (Å²) in [6, 6.07) is 23.3. The van der Waals surface area contributed by atoms with Crippen LogP contribution in [0.25, 0.3) is 33.5 Å². The van der Waals surface area contributed by atoms with Crippen LogP contribution in [0.4, 0.5) is 10.1 Å². The molecule has 0 fully saturated rings. The highest BCUT2D eigenvalue weighted by Crippen LogP contribution is 2.37. The normalized spacial score (nSPS) is 11.4. The lowest BCUT2D eigenvalue weighted by molar-refractivity contribution is -0.118. The summed E-state index contributed by atoms with van der Waals surface area (Å²) in [4.78, 5) is 30.8. The fourth-order valence-electron chi connectivity index (χ4n) is 4.57. The smallest absolute Gasteiger partial charge is 0.282 e. The van der Waals surface area contributed by atoms with Crippen LogP contribution in [0.2, 0.25) is 0 Å². The Morgan fingerprint density at radius 1 is 1.04 bits per heavy atom. The van der Waals surface area contributed by atoms with Crippen molar-refractivity contribution in [2.24, 2.45) is 5.10 Å². The molecule has 0 aliphatic rings. The van der Waals surface area contributed by atoms with Gasteiger partial charge in [-0.2, -0.15) is 9.78 Å². The number of ether oxygens (including phenoxy) is 2. The first-order valence-electron chi connectivity index (χ1n) is 13.7. The number of nitrogens with zero attached hydrogens (tertiary/aromatic N) is 3. The summed E-state index contributed by atoms with van der Waals surface area (Å²) in [6.07, 6.45) is 1.50. The molecule has 1 N–H and O–H groups in total. The van der Waals surface area contributed by atoms with Crippen molar-refractivity contribution >= 4 is 71.5 Å². The molecule has 6 aromatic rings. The number of fused-ring (bicyclic) bond motifs is 2. The van der Waals surface area contributed by atoms with E-state index in [0.29, 0.717) is 56.1 Å². The van der Waals surface area contributed by atoms with Crippen LogP contribution in [0.15, 0.2) is 108 Å². The number of nitrogens with one attached hydrogen (secondary N) is 1. The van der Waals surface area contributed by atoms with Crippen LogP contribution >= 0.6 is 31.9 Å². The number of benzene rings is 4. The Bertz CT molecular complexity index is 2140. The van der Waals surface area contributed by atoms with Crippen molar-refractivity contribution in [2.45, 2.75) is 6.92 Å². The molecule has 45 heavy (non-hydrogen) atoms. The van der Waals surface area contributed by atoms with Crippen molar-refractivity contribution in [3.8, 4) is 23.1 Å². The van der Waals surface area contributed by atoms with E-state index in [1.165, 1.54) is 35.2 Å². The Hall–Kier alpha value is -4.81. The Morgan fingerprint density at radius 2 is 1.84 bits per heavy atom. The largest absolute Gasteiger partial charge is 0.490 e. The van der Waals surface area contributed by atoms with Gasteiger partial charge in [0.1, 0.15) is 11.4 Å². The lowest BCUT2D eigenvalue weighted by atomic mass is 10.2. The van der Waals surface area contributed by atoms with E-state index in [-0.39, 0.29) is 18.0 Å². The van der Waals surface area contributed by atoms with Gasteiger partial charge >= 0.3 is 0 Å². The molecule has 2 heterocycles. The summed E-state index contributed by atoms with van der Waals surface area (Å²) < 4.78 is 33.4. The second-order valence-corrected chi connectivity index (χ2v) is 11.5. The molecule has 0 spiro atoms. The second kappa shape index (κ2) is 13.0. The summed E-state index contributed by atoms with van der Waals surface area (Å²) in [5.74, 6) is 0.437. The lowest BCUT2D eigenvalue weighted by Gasteiger charge is -2.14. The Labute approximate surface area is 272 Å². The summed E-state index contributed by atoms with van der Waals surface area (Å²) in [5, 5.41) is 8.42. The van der Waals surface area contributed by atoms with Gasteiger partial charge in [0.2, 0.25) is 5.82 Å². The highest BCUT2D eigenvalue weighted by atomic mass is 79.9. The molecule has 0 radical (unpaired) electrons. The monoisotopic (exact) mass is 732 g/mol. The minimum absolute atomic E-state index is 0.235. The molecule has 9 nitrogen and oxygen atoms in total. The quantitative estimate of drug-likeness (QED) is 0.152. The van der Waals surface area contributed by atoms with E-state index in [2.05, 4.69) is 42.3 Å². The van der Waals surface area contributed by atoms with Crippen LogP contribution in [0.3, 0.4) is 0 Å². The maximum atomic E-state index is 13.6. The van der Waals surface area contributed by atoms with E-state index in [1.807, 2.05) is 37.3 Å². The maximum Gasteiger partial charge on any atom is 0.282 e. The summed E-state index contributed by atoms with van der Waals surface area (Å²) in [6.45, 7) is 1.82. The van der Waals surface area contributed by atoms with Crippen molar-refractivity contribution in [1.29, 1.82) is 0 Å². The zero-order chi connectivity index (χ0) is 31.5. The third-order valence-electron chi connectivity index (χ3n) is 6.58. The molecular formula is C33H23Br2FN4O5. The number of carbonyl (C=O) groups is 1. The number of hydrogen-bond donors (Lipinski definition) is 1. The van der Waals surface area contributed by atoms with Crippen LogP contribution < -0.4 is 20.3 Å². The number of hydrogen-bond acceptors (Lipinski definition) is 7. The number of furan rings is 1. The maximum absolute atomic E-state index is 13.6. The predicted molar refractivity (Wildman–Crippen MR) is 178 cm³/mol. The van der Waals surface area contributed by atoms with Gasteiger partial charge in [0.05, 0.1) is 28.2 Å². The van der Waals surface area contributed by atoms with Gasteiger partial charge in [-0.05, 0) is 101 Å². The number of carbonyl (C=O) groups excluding carboxylic acids is 1. The van der Waals surface area contributed by atoms with Gasteiger partial charge in [-0.3, -0.25) is 9.59 Å². The standard InChI is InChI=1S/C33H23Br2FN4O5/c1-2-43-28-14-19(13-25(35)31(28)44-18-30(41)38-23-10-8-22(36)9-11-23)17-37-40-32(39-26-6-4-3-5-24(26)33(40)42)29-16-20-15-21(34)7-12-27(20)45-29/h3-17H,2,18H2,1H3,(H,38,41). The second-order valence-electron chi connectivity index (χ2n) is 9.71. The number of anilines is 1. The van der Waals surface area contributed by atoms with Gasteiger partial charge in [-0.1, -0.05) is 28.1 Å². The van der Waals surface area contributed by atoms with Gasteiger partial charge in [0, 0.05) is 15.5 Å². The van der Waals surface area contributed by atoms with Gasteiger partial charge in [-0.25, -0.2) is 9.37 Å². The minimum atomic E-state index is -0.435. The predicted octanol–water partition coefficient (Wildman–Crippen LogP) is 7.77. The molecule has 2 aromatic heterocycles. The number of amides is 1. The summed E-state index contributed by atoms with van der Waals surface area (Å²) in [7, 11) is 0. The van der Waals surface area contributed by atoms with Crippen LogP contribution in [0, 0.1) is 5.82 Å². The molecule has 12 heteroatoms. The first kappa shape index (κ1) is 30.2. The van der Waals surface area contributed by atoms with Crippen molar-refractivity contribution in [1.82, 2.24) is 9.66 Å². The average Bonchev–Trinajstić information content (AvgIpc) is 3.44. The molecule has 6 rings (SSSR count). The Morgan fingerprint density at radius 3 is 2.64 bits per heavy atom. The molecule has 0 saturated carbocycles. The molecule has 0 aliphatic heterocycles. The van der Waals surface area contributed by atoms with Crippen LogP contribution in [0.1, 0.15) is 12.5 Å². The first-order chi connectivity index (χ1) is 21.8. The number of halogens is 3. The third kappa shape index (κ3) is 6.66. The van der Waals surface area contributed by atoms with Gasteiger partial charge in [0.25, 0.3) is 11.5 Å². The average molecular weight is 734 g/mol. The SMILES string of the molecule is CCOc1cc(C=Nn2c(-c3cc4cc(Br)ccc4o3)nc3ccccc3c2=O)cc(Br)c1OCC(=O)Nc1ccc(F)cc1. The number of para-hydroxylation sites is 1. The Balaban J connectivity index is 1.33. The fourth-order valence-corrected chi connectivity index (χ4v) is 5.53. The molecule has 1 amide bonds. The van der Waals surface area contributed by atoms with E-state index in [0.717, 1.165) is 9.86 Å². The van der Waals surface area contributed by atoms with E-state index >= 15 is 0 Å². The molecule has 0 atom stereocenters. The summed E-state index contributed by atoms with van der Waals surface area (Å²) >= 11 is 6.98. The van der Waals surface area contributed by atoms with E-state index in [4.69, 9.17) is 18.9 Å². The molecule has 0 saturated heterocycles. The molecule has 226 valence electrons. The van der Waals surface area contributed by atoms with Crippen molar-refractivity contribution in [3.63, 3.8) is 0 Å². The first-order valence-corrected chi connectivity index (χ1v) is 15.3. The minimum Gasteiger partial charge on any atom is -0.490 e. The van der Waals surface area contributed by atoms with E-state index in [9.17, 15) is 14.0 Å². The zero-order valence-electron chi connectivity index (χ0n) is 23.6. The molecule has 4 aromatic carbocycles. The molecular weight excluding hydrogens is 711 g/mol. The summed E-state index contributed by atoms with van der Waals surface area (Å²) in [5.41, 5.74) is 1.79. The van der Waals surface area contributed by atoms with E-state index < -0.39 is 11.7 Å². The highest BCUT2D eigenvalue weighted by molar-refractivity contribution is 9.10. The third-order valence-corrected chi connectivity index (χ3v) is 7.66. The van der Waals surface area contributed by atoms with Crippen molar-refractivity contribution in [2.75, 3.05) is 18.5 Å². The molecule has 0 unspecified atom stereocenters. The van der Waals surface area contributed by atoms with Gasteiger partial charge < -0.3 is 19.2 Å². The fraction of sp³-hybridized carbons (Fsp3) is 0.0909. The van der Waals surface area contributed by atoms with Gasteiger partial charge in [-0.15, -0.1) is 0 Å². The Kier molecular flexibility index (Phi) is 8.76. The van der Waals surface area contributed by atoms with Crippen molar-refractivity contribution in [3.05, 3.63) is 116 Å². The zero-order valence-corrected chi connectivity index (χ0v) is 26.8. The molecule has 0 bridgehead atoms. The highest BCUT2D eigenvalue weighted by Gasteiger charge is 2.18.